The van der Waals surface area contributed by atoms with Gasteiger partial charge in [-0.1, -0.05) is 66.8 Å². The van der Waals surface area contributed by atoms with Gasteiger partial charge in [0.15, 0.2) is 10.7 Å². The van der Waals surface area contributed by atoms with Gasteiger partial charge in [0.1, 0.15) is 12.2 Å². The van der Waals surface area contributed by atoms with Crippen molar-refractivity contribution >= 4 is 55.6 Å². The Labute approximate surface area is 273 Å². The molecule has 0 spiro atoms. The molecule has 7 rings (SSSR count). The number of nitrogen functional groups attached to an aromatic ring is 1. The molecule has 2 aliphatic rings. The van der Waals surface area contributed by atoms with Crippen LogP contribution in [0.5, 0.6) is 0 Å². The van der Waals surface area contributed by atoms with E-state index in [2.05, 4.69) is 15.3 Å². The molecule has 4 heterocycles. The molecule has 4 amide bonds. The molecule has 4 N–H and O–H groups in total. The third-order valence-electron chi connectivity index (χ3n) is 8.63. The number of rotatable bonds is 9. The van der Waals surface area contributed by atoms with Crippen LogP contribution in [-0.2, 0) is 29.1 Å². The molecule has 0 bridgehead atoms. The lowest BCUT2D eigenvalue weighted by molar-refractivity contribution is -0.157. The van der Waals surface area contributed by atoms with Gasteiger partial charge >= 0.3 is 11.8 Å². The van der Waals surface area contributed by atoms with Crippen molar-refractivity contribution < 1.29 is 18.8 Å². The third kappa shape index (κ3) is 5.92. The summed E-state index contributed by atoms with van der Waals surface area (Å²) >= 11 is 1.38. The normalized spacial score (nSPS) is 18.3. The van der Waals surface area contributed by atoms with Crippen LogP contribution in [0.2, 0.25) is 0 Å². The number of fused-ring (bicyclic) bond motifs is 3. The van der Waals surface area contributed by atoms with Crippen molar-refractivity contribution in [3.8, 4) is 0 Å². The summed E-state index contributed by atoms with van der Waals surface area (Å²) in [6.07, 6.45) is 0.267. The Morgan fingerprint density at radius 3 is 2.74 bits per heavy atom. The fraction of sp³-hybridized carbons (Fsp3) is 0.303. The number of nitrogens with zero attached hydrogens (tertiary/aromatic N) is 5. The zero-order valence-corrected chi connectivity index (χ0v) is 26.5. The molecule has 2 aliphatic heterocycles. The first kappa shape index (κ1) is 30.4. The van der Waals surface area contributed by atoms with Crippen molar-refractivity contribution in [1.82, 2.24) is 35.1 Å². The lowest BCUT2D eigenvalue weighted by atomic mass is 9.99. The number of aromatic amines is 1. The Bertz CT molecular complexity index is 2020. The standard InChI is InChI=1S/C33H34N8O5S/c1-2-13-39(32(44)35-16-20-7-4-3-5-8-20)40-19-28(42)41-24(14-21-11-12-23-25(15-21)46-33(45)36-23)30(43)38(18-27(40)41)17-22-9-6-10-26-29(22)37-31(34)47-26/h3-12,15,24,27H,2,13-14,16-19H2,1H3,(H2,34,37)(H,35,44)(H,36,45)/t24-,27+/m0/s1. The summed E-state index contributed by atoms with van der Waals surface area (Å²) in [7, 11) is 0. The van der Waals surface area contributed by atoms with E-state index in [0.717, 1.165) is 26.9 Å². The highest BCUT2D eigenvalue weighted by Crippen LogP contribution is 2.33. The molecule has 2 aromatic heterocycles. The van der Waals surface area contributed by atoms with Crippen molar-refractivity contribution in [3.05, 3.63) is 94.0 Å². The monoisotopic (exact) mass is 654 g/mol. The molecule has 5 aromatic rings. The van der Waals surface area contributed by atoms with Crippen molar-refractivity contribution in [3.63, 3.8) is 0 Å². The average molecular weight is 655 g/mol. The average Bonchev–Trinajstić information content (AvgIpc) is 3.74. The summed E-state index contributed by atoms with van der Waals surface area (Å²) in [5.41, 5.74) is 10.2. The van der Waals surface area contributed by atoms with Gasteiger partial charge in [-0.2, -0.15) is 5.01 Å². The molecule has 0 unspecified atom stereocenters. The first-order chi connectivity index (χ1) is 22.8. The summed E-state index contributed by atoms with van der Waals surface area (Å²) in [6, 6.07) is 19.5. The van der Waals surface area contributed by atoms with E-state index in [-0.39, 0.29) is 43.9 Å². The largest absolute Gasteiger partial charge is 0.417 e. The molecule has 0 aliphatic carbocycles. The number of thiazole rings is 1. The Balaban J connectivity index is 1.22. The second-order valence-electron chi connectivity index (χ2n) is 11.7. The molecule has 242 valence electrons. The maximum absolute atomic E-state index is 14.3. The number of urea groups is 1. The first-order valence-electron chi connectivity index (χ1n) is 15.5. The van der Waals surface area contributed by atoms with E-state index in [0.29, 0.717) is 35.7 Å². The lowest BCUT2D eigenvalue weighted by Crippen LogP contribution is -2.66. The molecule has 3 aromatic carbocycles. The van der Waals surface area contributed by atoms with Gasteiger partial charge in [-0.05, 0) is 41.3 Å². The van der Waals surface area contributed by atoms with Crippen LogP contribution in [-0.4, -0.2) is 79.5 Å². The van der Waals surface area contributed by atoms with E-state index in [1.165, 1.54) is 11.3 Å². The number of oxazole rings is 1. The zero-order valence-electron chi connectivity index (χ0n) is 25.7. The van der Waals surface area contributed by atoms with Crippen molar-refractivity contribution in [2.24, 2.45) is 0 Å². The number of hydrogen-bond acceptors (Lipinski definition) is 9. The van der Waals surface area contributed by atoms with E-state index in [4.69, 9.17) is 10.2 Å². The second-order valence-corrected chi connectivity index (χ2v) is 12.8. The number of carbonyl (C=O) groups excluding carboxylic acids is 3. The van der Waals surface area contributed by atoms with Crippen LogP contribution in [0.15, 0.2) is 75.9 Å². The van der Waals surface area contributed by atoms with Crippen molar-refractivity contribution in [1.29, 1.82) is 0 Å². The minimum absolute atomic E-state index is 0.0506. The number of piperazine rings is 1. The van der Waals surface area contributed by atoms with Crippen LogP contribution in [0.1, 0.15) is 30.0 Å². The molecule has 2 fully saturated rings. The van der Waals surface area contributed by atoms with Gasteiger partial charge in [-0.3, -0.25) is 19.6 Å². The molecule has 0 radical (unpaired) electrons. The van der Waals surface area contributed by atoms with Crippen molar-refractivity contribution in [2.75, 3.05) is 25.4 Å². The smallest absolute Gasteiger partial charge is 0.408 e. The van der Waals surface area contributed by atoms with Gasteiger partial charge in [0, 0.05) is 26.1 Å². The Morgan fingerprint density at radius 2 is 1.94 bits per heavy atom. The lowest BCUT2D eigenvalue weighted by Gasteiger charge is -2.46. The van der Waals surface area contributed by atoms with Gasteiger partial charge in [-0.15, -0.1) is 0 Å². The highest BCUT2D eigenvalue weighted by Gasteiger charge is 2.52. The summed E-state index contributed by atoms with van der Waals surface area (Å²) in [5, 5.41) is 6.82. The Hall–Kier alpha value is -5.21. The molecule has 13 nitrogen and oxygen atoms in total. The molecular formula is C33H34N8O5S. The predicted octanol–water partition coefficient (Wildman–Crippen LogP) is 3.27. The van der Waals surface area contributed by atoms with Gasteiger partial charge in [0.05, 0.1) is 28.8 Å². The van der Waals surface area contributed by atoms with Crippen LogP contribution < -0.4 is 16.8 Å². The van der Waals surface area contributed by atoms with E-state index in [1.807, 2.05) is 61.5 Å². The van der Waals surface area contributed by atoms with E-state index >= 15 is 0 Å². The highest BCUT2D eigenvalue weighted by molar-refractivity contribution is 7.22. The second kappa shape index (κ2) is 12.5. The number of nitrogens with one attached hydrogen (secondary N) is 2. The number of amides is 4. The fourth-order valence-corrected chi connectivity index (χ4v) is 7.29. The highest BCUT2D eigenvalue weighted by atomic mass is 32.1. The van der Waals surface area contributed by atoms with Gasteiger partial charge in [0.25, 0.3) is 0 Å². The molecule has 14 heteroatoms. The SMILES string of the molecule is CCCN(C(=O)NCc1ccccc1)N1CC(=O)N2[C@@H](Cc3ccc4[nH]c(=O)oc4c3)C(=O)N(Cc3cccc4sc(N)nc34)C[C@@H]21. The number of nitrogens with two attached hydrogens (primary N) is 1. The van der Waals surface area contributed by atoms with Gasteiger partial charge in [-0.25, -0.2) is 14.6 Å². The summed E-state index contributed by atoms with van der Waals surface area (Å²) in [5.74, 6) is -1.03. The third-order valence-corrected chi connectivity index (χ3v) is 9.48. The maximum atomic E-state index is 14.3. The van der Waals surface area contributed by atoms with E-state index in [9.17, 15) is 19.2 Å². The maximum Gasteiger partial charge on any atom is 0.417 e. The van der Waals surface area contributed by atoms with Crippen LogP contribution in [0, 0.1) is 0 Å². The van der Waals surface area contributed by atoms with Crippen LogP contribution in [0.4, 0.5) is 9.93 Å². The molecule has 2 saturated heterocycles. The number of hydrogen-bond donors (Lipinski definition) is 3. The summed E-state index contributed by atoms with van der Waals surface area (Å²) in [4.78, 5) is 64.1. The minimum atomic E-state index is -0.857. The topological polar surface area (TPSA) is 161 Å². The van der Waals surface area contributed by atoms with Gasteiger partial charge < -0.3 is 25.3 Å². The number of H-pyrrole nitrogens is 1. The van der Waals surface area contributed by atoms with Crippen LogP contribution >= 0.6 is 11.3 Å². The number of aromatic nitrogens is 2. The Kier molecular flexibility index (Phi) is 8.12. The van der Waals surface area contributed by atoms with E-state index in [1.54, 1.807) is 32.0 Å². The van der Waals surface area contributed by atoms with Crippen LogP contribution in [0.25, 0.3) is 21.3 Å². The van der Waals surface area contributed by atoms with Crippen molar-refractivity contribution in [2.45, 2.75) is 45.1 Å². The summed E-state index contributed by atoms with van der Waals surface area (Å²) < 4.78 is 6.19. The zero-order chi connectivity index (χ0) is 32.7. The van der Waals surface area contributed by atoms with E-state index < -0.39 is 18.0 Å². The number of benzene rings is 3. The summed E-state index contributed by atoms with van der Waals surface area (Å²) in [6.45, 7) is 3.09. The fourth-order valence-electron chi connectivity index (χ4n) is 6.51. The molecule has 0 saturated carbocycles. The minimum Gasteiger partial charge on any atom is -0.408 e. The number of carbonyl (C=O) groups is 3. The molecule has 2 atom stereocenters. The molecular weight excluding hydrogens is 620 g/mol. The predicted molar refractivity (Wildman–Crippen MR) is 177 cm³/mol. The number of hydrazine groups is 1. The quantitative estimate of drug-likeness (QED) is 0.218. The molecule has 47 heavy (non-hydrogen) atoms. The van der Waals surface area contributed by atoms with Crippen LogP contribution in [0.3, 0.4) is 0 Å². The number of para-hydroxylation sites is 1. The number of anilines is 1. The Morgan fingerprint density at radius 1 is 1.11 bits per heavy atom. The first-order valence-corrected chi connectivity index (χ1v) is 16.3. The van der Waals surface area contributed by atoms with Gasteiger partial charge in [0.2, 0.25) is 11.8 Å².